The first-order valence-corrected chi connectivity index (χ1v) is 34.5. The summed E-state index contributed by atoms with van der Waals surface area (Å²) in [6.45, 7) is 6.86. The Labute approximate surface area is 470 Å². The third kappa shape index (κ3) is 86.5. The molecule has 0 bridgehead atoms. The molecule has 0 radical (unpaired) electrons. The van der Waals surface area contributed by atoms with Gasteiger partial charge in [0, 0.05) is 19.3 Å². The lowest BCUT2D eigenvalue weighted by molar-refractivity contribution is -0.138. The van der Waals surface area contributed by atoms with Crippen molar-refractivity contribution in [1.29, 1.82) is 0 Å². The number of rotatable bonds is 63. The summed E-state index contributed by atoms with van der Waals surface area (Å²) in [5, 5.41) is 25.7. The van der Waals surface area contributed by atoms with E-state index < -0.39 is 17.9 Å². The third-order valence-corrected chi connectivity index (χ3v) is 15.7. The molecule has 0 spiro atoms. The Balaban J connectivity index is -0.00000104. The quantitative estimate of drug-likeness (QED) is 0.0523. The molecule has 450 valence electrons. The van der Waals surface area contributed by atoms with Gasteiger partial charge in [-0.15, -0.1) is 0 Å². The van der Waals surface area contributed by atoms with Gasteiger partial charge >= 0.3 is 17.9 Å². The fourth-order valence-electron chi connectivity index (χ4n) is 10.6. The summed E-state index contributed by atoms with van der Waals surface area (Å²) < 4.78 is 0. The summed E-state index contributed by atoms with van der Waals surface area (Å²) in [5.41, 5.74) is 0. The number of hydrogen-bond acceptors (Lipinski definition) is 3. The molecular formula is C69H138O6. The third-order valence-electron chi connectivity index (χ3n) is 15.7. The molecule has 0 saturated carbocycles. The van der Waals surface area contributed by atoms with Crippen molar-refractivity contribution in [2.75, 3.05) is 0 Å². The zero-order chi connectivity index (χ0) is 55.3. The second kappa shape index (κ2) is 74.5. The minimum absolute atomic E-state index is 0.346. The van der Waals surface area contributed by atoms with Crippen molar-refractivity contribution in [1.82, 2.24) is 0 Å². The molecule has 0 rings (SSSR count). The zero-order valence-corrected chi connectivity index (χ0v) is 51.6. The normalized spacial score (nSPS) is 11.1. The summed E-state index contributed by atoms with van der Waals surface area (Å²) in [4.78, 5) is 31.2. The largest absolute Gasteiger partial charge is 0.481 e. The second-order valence-electron chi connectivity index (χ2n) is 23.6. The van der Waals surface area contributed by atoms with Gasteiger partial charge in [0.2, 0.25) is 0 Å². The molecule has 0 fully saturated rings. The Morgan fingerprint density at radius 2 is 0.240 bits per heavy atom. The summed E-state index contributed by atoms with van der Waals surface area (Å²) in [6, 6.07) is 0. The van der Waals surface area contributed by atoms with Crippen LogP contribution in [0.4, 0.5) is 0 Å². The van der Waals surface area contributed by atoms with Gasteiger partial charge in [0.1, 0.15) is 0 Å². The molecule has 0 amide bonds. The molecular weight excluding hydrogens is 925 g/mol. The van der Waals surface area contributed by atoms with Crippen LogP contribution in [0.25, 0.3) is 0 Å². The molecule has 0 aromatic carbocycles. The van der Waals surface area contributed by atoms with Crippen LogP contribution in [0.2, 0.25) is 0 Å². The topological polar surface area (TPSA) is 112 Å². The van der Waals surface area contributed by atoms with E-state index in [1.54, 1.807) is 0 Å². The number of carboxylic acid groups (broad SMARTS) is 3. The first-order chi connectivity index (χ1) is 36.8. The molecule has 0 saturated heterocycles. The molecule has 0 aliphatic rings. The van der Waals surface area contributed by atoms with Gasteiger partial charge in [-0.3, -0.25) is 14.4 Å². The average Bonchev–Trinajstić information content (AvgIpc) is 3.39. The van der Waals surface area contributed by atoms with Crippen LogP contribution in [0.1, 0.15) is 425 Å². The lowest BCUT2D eigenvalue weighted by Gasteiger charge is -2.04. The molecule has 75 heavy (non-hydrogen) atoms. The molecule has 6 nitrogen and oxygen atoms in total. The highest BCUT2D eigenvalue weighted by atomic mass is 16.4. The Bertz CT molecular complexity index is 1050. The summed E-state index contributed by atoms with van der Waals surface area (Å²) >= 11 is 0. The second-order valence-corrected chi connectivity index (χ2v) is 23.6. The van der Waals surface area contributed by atoms with E-state index in [9.17, 15) is 14.4 Å². The maximum absolute atomic E-state index is 10.4. The fraction of sp³-hybridized carbons (Fsp3) is 0.957. The van der Waals surface area contributed by atoms with E-state index in [4.69, 9.17) is 15.3 Å². The van der Waals surface area contributed by atoms with E-state index >= 15 is 0 Å². The smallest absolute Gasteiger partial charge is 0.303 e. The van der Waals surface area contributed by atoms with Gasteiger partial charge in [-0.1, -0.05) is 387 Å². The van der Waals surface area contributed by atoms with E-state index in [-0.39, 0.29) is 0 Å². The molecule has 3 N–H and O–H groups in total. The Kier molecular flexibility index (Phi) is 77.1. The molecule has 0 heterocycles. The van der Waals surface area contributed by atoms with Gasteiger partial charge in [0.05, 0.1) is 0 Å². The number of carbonyl (C=O) groups is 3. The van der Waals surface area contributed by atoms with Gasteiger partial charge in [-0.25, -0.2) is 0 Å². The van der Waals surface area contributed by atoms with Crippen LogP contribution in [0.5, 0.6) is 0 Å². The molecule has 0 aliphatic heterocycles. The van der Waals surface area contributed by atoms with Gasteiger partial charge < -0.3 is 15.3 Å². The Hall–Kier alpha value is -1.59. The highest BCUT2D eigenvalue weighted by Gasteiger charge is 2.01. The van der Waals surface area contributed by atoms with Gasteiger partial charge in [-0.05, 0) is 19.3 Å². The lowest BCUT2D eigenvalue weighted by Crippen LogP contribution is -1.93. The standard InChI is InChI=1S/C24H48O2.C23H46O2.C22H44O2/c1-2-3-4-5-6-7-8-9-10-11-12-13-14-15-16-17-18-19-20-21-22-23-24(25)26;1-2-3-4-5-6-7-8-9-10-11-12-13-14-15-16-17-18-19-20-21-22-23(24)25;1-2-3-4-5-6-7-8-9-10-11-12-13-14-15-16-17-18-19-20-21-22(23)24/h2-23H2,1H3,(H,25,26);2-22H2,1H3,(H,24,25);2-21H2,1H3,(H,23,24). The van der Waals surface area contributed by atoms with Crippen LogP contribution in [0, 0.1) is 0 Å². The monoisotopic (exact) mass is 1060 g/mol. The minimum Gasteiger partial charge on any atom is -0.481 e. The SMILES string of the molecule is CCCCCCCCCCCCCCCCCCCCCC(=O)O.CCCCCCCCCCCCCCCCCCCCCCC(=O)O.CCCCCCCCCCCCCCCCCCCCCCCC(=O)O. The van der Waals surface area contributed by atoms with Crippen LogP contribution in [-0.4, -0.2) is 33.2 Å². The van der Waals surface area contributed by atoms with E-state index in [0.717, 1.165) is 38.5 Å². The number of aliphatic carboxylic acids is 3. The highest BCUT2D eigenvalue weighted by Crippen LogP contribution is 2.19. The number of carboxylic acids is 3. The Morgan fingerprint density at radius 3 is 0.320 bits per heavy atom. The minimum atomic E-state index is -0.651. The van der Waals surface area contributed by atoms with E-state index in [1.165, 1.54) is 347 Å². The lowest BCUT2D eigenvalue weighted by atomic mass is 10.0. The predicted molar refractivity (Wildman–Crippen MR) is 331 cm³/mol. The van der Waals surface area contributed by atoms with E-state index in [0.29, 0.717) is 19.3 Å². The molecule has 0 aromatic heterocycles. The number of unbranched alkanes of at least 4 members (excludes halogenated alkanes) is 57. The summed E-state index contributed by atoms with van der Waals surface area (Å²) in [7, 11) is 0. The summed E-state index contributed by atoms with van der Waals surface area (Å²) in [6.07, 6.45) is 82.7. The predicted octanol–water partition coefficient (Wildman–Crippen LogP) is 24.8. The van der Waals surface area contributed by atoms with Crippen molar-refractivity contribution < 1.29 is 29.7 Å². The van der Waals surface area contributed by atoms with Crippen molar-refractivity contribution in [3.63, 3.8) is 0 Å². The molecule has 6 heteroatoms. The maximum atomic E-state index is 10.4. The van der Waals surface area contributed by atoms with Crippen molar-refractivity contribution in [2.24, 2.45) is 0 Å². The summed E-state index contributed by atoms with van der Waals surface area (Å²) in [5.74, 6) is -1.95. The van der Waals surface area contributed by atoms with Gasteiger partial charge in [-0.2, -0.15) is 0 Å². The van der Waals surface area contributed by atoms with Crippen LogP contribution in [0.3, 0.4) is 0 Å². The molecule has 0 unspecified atom stereocenters. The molecule has 0 aliphatic carbocycles. The van der Waals surface area contributed by atoms with Crippen molar-refractivity contribution >= 4 is 17.9 Å². The zero-order valence-electron chi connectivity index (χ0n) is 51.6. The van der Waals surface area contributed by atoms with Crippen LogP contribution < -0.4 is 0 Å². The van der Waals surface area contributed by atoms with Crippen molar-refractivity contribution in [3.8, 4) is 0 Å². The van der Waals surface area contributed by atoms with E-state index in [2.05, 4.69) is 20.8 Å². The fourth-order valence-corrected chi connectivity index (χ4v) is 10.6. The molecule has 0 aromatic rings. The van der Waals surface area contributed by atoms with Crippen LogP contribution in [0.15, 0.2) is 0 Å². The average molecular weight is 1060 g/mol. The van der Waals surface area contributed by atoms with Crippen LogP contribution in [-0.2, 0) is 14.4 Å². The first kappa shape index (κ1) is 77.6. The molecule has 0 atom stereocenters. The van der Waals surface area contributed by atoms with E-state index in [1.807, 2.05) is 0 Å². The highest BCUT2D eigenvalue weighted by molar-refractivity contribution is 5.67. The number of hydrogen-bond donors (Lipinski definition) is 3. The first-order valence-electron chi connectivity index (χ1n) is 34.5. The Morgan fingerprint density at radius 1 is 0.160 bits per heavy atom. The van der Waals surface area contributed by atoms with Gasteiger partial charge in [0.25, 0.3) is 0 Å². The van der Waals surface area contributed by atoms with Gasteiger partial charge in [0.15, 0.2) is 0 Å². The van der Waals surface area contributed by atoms with Crippen molar-refractivity contribution in [2.45, 2.75) is 425 Å². The maximum Gasteiger partial charge on any atom is 0.303 e. The van der Waals surface area contributed by atoms with Crippen molar-refractivity contribution in [3.05, 3.63) is 0 Å². The van der Waals surface area contributed by atoms with Crippen LogP contribution >= 0.6 is 0 Å².